The number of benzene rings is 1. The van der Waals surface area contributed by atoms with Crippen LogP contribution in [0.4, 0.5) is 0 Å². The minimum atomic E-state index is -0.276. The number of carbonyl (C=O) groups is 1. The molecule has 5 heteroatoms. The molecule has 0 bridgehead atoms. The first kappa shape index (κ1) is 18.6. The maximum absolute atomic E-state index is 13.5. The molecule has 1 aliphatic heterocycles. The Hall–Kier alpha value is -2.40. The number of nitrogens with zero attached hydrogens (tertiary/aromatic N) is 2. The van der Waals surface area contributed by atoms with Gasteiger partial charge in [-0.2, -0.15) is 0 Å². The molecule has 1 amide bonds. The Balaban J connectivity index is 1.27. The van der Waals surface area contributed by atoms with E-state index in [0.29, 0.717) is 5.91 Å². The third-order valence-electron chi connectivity index (χ3n) is 6.48. The van der Waals surface area contributed by atoms with Crippen LogP contribution in [-0.4, -0.2) is 35.0 Å². The number of carbonyl (C=O) groups excluding carboxylic acids is 1. The second-order valence-electron chi connectivity index (χ2n) is 8.21. The number of rotatable bonds is 4. The summed E-state index contributed by atoms with van der Waals surface area (Å²) in [4.78, 5) is 21.4. The summed E-state index contributed by atoms with van der Waals surface area (Å²) < 4.78 is 6.32. The molecule has 1 saturated carbocycles. The summed E-state index contributed by atoms with van der Waals surface area (Å²) in [5.74, 6) is 1.18. The van der Waals surface area contributed by atoms with Gasteiger partial charge in [0.1, 0.15) is 17.4 Å². The first-order valence-electron chi connectivity index (χ1n) is 10.6. The van der Waals surface area contributed by atoms with Gasteiger partial charge in [-0.05, 0) is 36.4 Å². The molecule has 2 fully saturated rings. The molecule has 0 radical (unpaired) electrons. The van der Waals surface area contributed by atoms with Gasteiger partial charge in [-0.15, -0.1) is 11.3 Å². The monoisotopic (exact) mass is 406 g/mol. The lowest BCUT2D eigenvalue weighted by molar-refractivity contribution is -0.139. The first-order chi connectivity index (χ1) is 14.3. The van der Waals surface area contributed by atoms with Gasteiger partial charge in [0.2, 0.25) is 5.91 Å². The Labute approximate surface area is 175 Å². The first-order valence-corrected chi connectivity index (χ1v) is 11.5. The van der Waals surface area contributed by atoms with Gasteiger partial charge in [0.05, 0.1) is 5.41 Å². The molecule has 1 aliphatic carbocycles. The molecule has 2 aliphatic rings. The van der Waals surface area contributed by atoms with Crippen LogP contribution in [0.3, 0.4) is 0 Å². The number of likely N-dealkylation sites (tertiary alicyclic amines) is 1. The number of hydrogen-bond donors (Lipinski definition) is 0. The van der Waals surface area contributed by atoms with Crippen molar-refractivity contribution in [2.75, 3.05) is 13.1 Å². The number of fused-ring (bicyclic) bond motifs is 1. The molecule has 150 valence electrons. The zero-order valence-electron chi connectivity index (χ0n) is 16.5. The summed E-state index contributed by atoms with van der Waals surface area (Å²) in [6.45, 7) is 1.55. The van der Waals surface area contributed by atoms with Crippen molar-refractivity contribution in [2.24, 2.45) is 0 Å². The molecule has 0 unspecified atom stereocenters. The fraction of sp³-hybridized carbons (Fsp3) is 0.417. The van der Waals surface area contributed by atoms with E-state index < -0.39 is 0 Å². The maximum Gasteiger partial charge on any atom is 0.234 e. The summed E-state index contributed by atoms with van der Waals surface area (Å²) >= 11 is 1.74. The van der Waals surface area contributed by atoms with Crippen molar-refractivity contribution in [1.29, 1.82) is 0 Å². The highest BCUT2D eigenvalue weighted by atomic mass is 32.1. The fourth-order valence-electron chi connectivity index (χ4n) is 4.93. The van der Waals surface area contributed by atoms with Gasteiger partial charge in [0, 0.05) is 42.4 Å². The smallest absolute Gasteiger partial charge is 0.234 e. The summed E-state index contributed by atoms with van der Waals surface area (Å²) in [6, 6.07) is 14.3. The predicted octanol–water partition coefficient (Wildman–Crippen LogP) is 5.18. The van der Waals surface area contributed by atoms with Gasteiger partial charge < -0.3 is 9.64 Å². The molecule has 0 spiro atoms. The van der Waals surface area contributed by atoms with E-state index in [2.05, 4.69) is 39.5 Å². The van der Waals surface area contributed by atoms with Crippen LogP contribution in [0, 0.1) is 0 Å². The zero-order chi connectivity index (χ0) is 19.7. The van der Waals surface area contributed by atoms with Gasteiger partial charge in [0.25, 0.3) is 0 Å². The molecular weight excluding hydrogens is 380 g/mol. The van der Waals surface area contributed by atoms with Crippen molar-refractivity contribution in [2.45, 2.75) is 50.0 Å². The number of piperidine rings is 1. The molecule has 0 N–H and O–H groups in total. The highest BCUT2D eigenvalue weighted by Crippen LogP contribution is 2.45. The van der Waals surface area contributed by atoms with Gasteiger partial charge in [-0.1, -0.05) is 37.1 Å². The van der Waals surface area contributed by atoms with E-state index in [9.17, 15) is 4.79 Å². The maximum atomic E-state index is 13.5. The van der Waals surface area contributed by atoms with Gasteiger partial charge in [0.15, 0.2) is 0 Å². The normalized spacial score (nSPS) is 19.5. The molecule has 3 heterocycles. The number of para-hydroxylation sites is 1. The lowest BCUT2D eigenvalue weighted by atomic mass is 9.82. The van der Waals surface area contributed by atoms with Crippen LogP contribution in [0.15, 0.2) is 54.0 Å². The number of amides is 1. The molecule has 2 aromatic heterocycles. The van der Waals surface area contributed by atoms with E-state index in [1.54, 1.807) is 11.3 Å². The van der Waals surface area contributed by atoms with Crippen molar-refractivity contribution in [3.05, 3.63) is 58.9 Å². The SMILES string of the molecule is O=C(N1CCC(Oc2cccc3cccnc23)CC1)C1(c2cccs2)CCCC1. The van der Waals surface area contributed by atoms with Crippen molar-refractivity contribution in [1.82, 2.24) is 9.88 Å². The summed E-state index contributed by atoms with van der Waals surface area (Å²) in [7, 11) is 0. The second-order valence-corrected chi connectivity index (χ2v) is 9.15. The molecule has 1 saturated heterocycles. The standard InChI is InChI=1S/C24H26N2O2S/c27-23(24(12-1-2-13-24)21-9-5-17-29-21)26-15-10-19(11-16-26)28-20-8-3-6-18-7-4-14-25-22(18)20/h3-9,14,17,19H,1-2,10-13,15-16H2. The average molecular weight is 407 g/mol. The van der Waals surface area contributed by atoms with Crippen LogP contribution in [-0.2, 0) is 10.2 Å². The van der Waals surface area contributed by atoms with Crippen LogP contribution >= 0.6 is 11.3 Å². The molecule has 4 nitrogen and oxygen atoms in total. The largest absolute Gasteiger partial charge is 0.488 e. The van der Waals surface area contributed by atoms with E-state index in [0.717, 1.165) is 68.3 Å². The Bertz CT molecular complexity index is 982. The number of aromatic nitrogens is 1. The van der Waals surface area contributed by atoms with E-state index in [1.165, 1.54) is 4.88 Å². The minimum Gasteiger partial charge on any atom is -0.488 e. The van der Waals surface area contributed by atoms with Crippen molar-refractivity contribution < 1.29 is 9.53 Å². The molecular formula is C24H26N2O2S. The topological polar surface area (TPSA) is 42.4 Å². The van der Waals surface area contributed by atoms with Crippen LogP contribution < -0.4 is 4.74 Å². The van der Waals surface area contributed by atoms with E-state index in [1.807, 2.05) is 24.4 Å². The van der Waals surface area contributed by atoms with Crippen LogP contribution in [0.1, 0.15) is 43.4 Å². The van der Waals surface area contributed by atoms with Crippen LogP contribution in [0.2, 0.25) is 0 Å². The third-order valence-corrected chi connectivity index (χ3v) is 7.55. The number of ether oxygens (including phenoxy) is 1. The predicted molar refractivity (Wildman–Crippen MR) is 116 cm³/mol. The molecule has 29 heavy (non-hydrogen) atoms. The molecule has 0 atom stereocenters. The number of pyridine rings is 1. The lowest BCUT2D eigenvalue weighted by Gasteiger charge is -2.38. The third kappa shape index (κ3) is 3.42. The average Bonchev–Trinajstić information content (AvgIpc) is 3.47. The summed E-state index contributed by atoms with van der Waals surface area (Å²) in [6.07, 6.45) is 7.96. The lowest BCUT2D eigenvalue weighted by Crippen LogP contribution is -2.49. The summed E-state index contributed by atoms with van der Waals surface area (Å²) in [5.41, 5.74) is 0.637. The second kappa shape index (κ2) is 7.79. The van der Waals surface area contributed by atoms with E-state index in [4.69, 9.17) is 4.74 Å². The molecule has 1 aromatic carbocycles. The summed E-state index contributed by atoms with van der Waals surface area (Å²) in [5, 5.41) is 3.19. The van der Waals surface area contributed by atoms with Crippen LogP contribution in [0.25, 0.3) is 10.9 Å². The van der Waals surface area contributed by atoms with Gasteiger partial charge >= 0.3 is 0 Å². The Morgan fingerprint density at radius 3 is 2.62 bits per heavy atom. The Morgan fingerprint density at radius 1 is 1.07 bits per heavy atom. The Kier molecular flexibility index (Phi) is 5.00. The van der Waals surface area contributed by atoms with Gasteiger partial charge in [-0.25, -0.2) is 0 Å². The van der Waals surface area contributed by atoms with Gasteiger partial charge in [-0.3, -0.25) is 9.78 Å². The van der Waals surface area contributed by atoms with Crippen molar-refractivity contribution in [3.8, 4) is 5.75 Å². The van der Waals surface area contributed by atoms with E-state index >= 15 is 0 Å². The molecule has 3 aromatic rings. The highest BCUT2D eigenvalue weighted by Gasteiger charge is 2.46. The quantitative estimate of drug-likeness (QED) is 0.600. The number of hydrogen-bond acceptors (Lipinski definition) is 4. The van der Waals surface area contributed by atoms with E-state index in [-0.39, 0.29) is 11.5 Å². The van der Waals surface area contributed by atoms with Crippen molar-refractivity contribution in [3.63, 3.8) is 0 Å². The van der Waals surface area contributed by atoms with Crippen molar-refractivity contribution >= 4 is 28.1 Å². The zero-order valence-corrected chi connectivity index (χ0v) is 17.4. The Morgan fingerprint density at radius 2 is 1.86 bits per heavy atom. The number of thiophene rings is 1. The minimum absolute atomic E-state index is 0.132. The highest BCUT2D eigenvalue weighted by molar-refractivity contribution is 7.10. The fourth-order valence-corrected chi connectivity index (χ4v) is 5.90. The van der Waals surface area contributed by atoms with Crippen LogP contribution in [0.5, 0.6) is 5.75 Å². The molecule has 5 rings (SSSR count).